The first kappa shape index (κ1) is 15.4. The lowest BCUT2D eigenvalue weighted by Gasteiger charge is -2.16. The van der Waals surface area contributed by atoms with Gasteiger partial charge in [0, 0.05) is 11.7 Å². The lowest BCUT2D eigenvalue weighted by Crippen LogP contribution is -2.16. The van der Waals surface area contributed by atoms with Crippen molar-refractivity contribution in [2.75, 3.05) is 5.32 Å². The lowest BCUT2D eigenvalue weighted by atomic mass is 10.1. The molecule has 112 valence electrons. The van der Waals surface area contributed by atoms with Crippen LogP contribution in [0.25, 0.3) is 0 Å². The Morgan fingerprint density at radius 2 is 1.57 bits per heavy atom. The minimum Gasteiger partial charge on any atom is -0.491 e. The standard InChI is InChI=1S/C19H25NO/c1-15(2)21-19-13-11-18(12-14-19)20-16(3)9-10-17-7-5-4-6-8-17/h4-8,11-16,20H,9-10H2,1-3H3. The van der Waals surface area contributed by atoms with E-state index >= 15 is 0 Å². The summed E-state index contributed by atoms with van der Waals surface area (Å²) >= 11 is 0. The number of anilines is 1. The molecule has 2 aromatic rings. The summed E-state index contributed by atoms with van der Waals surface area (Å²) in [5.74, 6) is 0.924. The van der Waals surface area contributed by atoms with Crippen LogP contribution < -0.4 is 10.1 Å². The van der Waals surface area contributed by atoms with E-state index in [0.717, 1.165) is 24.3 Å². The molecule has 21 heavy (non-hydrogen) atoms. The fraction of sp³-hybridized carbons (Fsp3) is 0.368. The number of aryl methyl sites for hydroxylation is 1. The average molecular weight is 283 g/mol. The molecule has 0 saturated heterocycles. The number of hydrogen-bond acceptors (Lipinski definition) is 2. The molecule has 2 nitrogen and oxygen atoms in total. The van der Waals surface area contributed by atoms with Crippen molar-refractivity contribution in [3.8, 4) is 5.75 Å². The first-order valence-electron chi connectivity index (χ1n) is 7.70. The van der Waals surface area contributed by atoms with Gasteiger partial charge in [0.15, 0.2) is 0 Å². The monoisotopic (exact) mass is 283 g/mol. The highest BCUT2D eigenvalue weighted by Gasteiger charge is 2.03. The molecule has 0 aliphatic heterocycles. The SMILES string of the molecule is CC(CCc1ccccc1)Nc1ccc(OC(C)C)cc1. The molecule has 1 N–H and O–H groups in total. The number of rotatable bonds is 7. The minimum absolute atomic E-state index is 0.216. The van der Waals surface area contributed by atoms with Crippen molar-refractivity contribution < 1.29 is 4.74 Å². The Hall–Kier alpha value is -1.96. The van der Waals surface area contributed by atoms with E-state index in [1.54, 1.807) is 0 Å². The van der Waals surface area contributed by atoms with E-state index in [2.05, 4.69) is 54.7 Å². The van der Waals surface area contributed by atoms with Crippen molar-refractivity contribution in [1.29, 1.82) is 0 Å². The van der Waals surface area contributed by atoms with Crippen LogP contribution in [0.15, 0.2) is 54.6 Å². The van der Waals surface area contributed by atoms with Gasteiger partial charge in [-0.3, -0.25) is 0 Å². The molecule has 1 unspecified atom stereocenters. The van der Waals surface area contributed by atoms with Gasteiger partial charge < -0.3 is 10.1 Å². The molecular formula is C19H25NO. The summed E-state index contributed by atoms with van der Waals surface area (Å²) in [5.41, 5.74) is 2.54. The largest absolute Gasteiger partial charge is 0.491 e. The number of ether oxygens (including phenoxy) is 1. The van der Waals surface area contributed by atoms with Crippen LogP contribution in [0.4, 0.5) is 5.69 Å². The third-order valence-corrected chi connectivity index (χ3v) is 3.35. The number of nitrogens with one attached hydrogen (secondary N) is 1. The zero-order valence-electron chi connectivity index (χ0n) is 13.2. The van der Waals surface area contributed by atoms with Crippen molar-refractivity contribution in [3.05, 3.63) is 60.2 Å². The molecular weight excluding hydrogens is 258 g/mol. The van der Waals surface area contributed by atoms with Gasteiger partial charge in [0.2, 0.25) is 0 Å². The van der Waals surface area contributed by atoms with Crippen molar-refractivity contribution >= 4 is 5.69 Å². The Balaban J connectivity index is 1.80. The van der Waals surface area contributed by atoms with E-state index < -0.39 is 0 Å². The molecule has 0 aliphatic carbocycles. The minimum atomic E-state index is 0.216. The van der Waals surface area contributed by atoms with Crippen LogP contribution in [-0.2, 0) is 6.42 Å². The summed E-state index contributed by atoms with van der Waals surface area (Å²) < 4.78 is 5.65. The van der Waals surface area contributed by atoms with E-state index in [9.17, 15) is 0 Å². The predicted octanol–water partition coefficient (Wildman–Crippen LogP) is 4.91. The van der Waals surface area contributed by atoms with Gasteiger partial charge in [-0.05, 0) is 63.4 Å². The number of benzene rings is 2. The fourth-order valence-corrected chi connectivity index (χ4v) is 2.29. The van der Waals surface area contributed by atoms with Gasteiger partial charge in [-0.1, -0.05) is 30.3 Å². The van der Waals surface area contributed by atoms with Crippen LogP contribution in [0.2, 0.25) is 0 Å². The van der Waals surface area contributed by atoms with E-state index in [1.165, 1.54) is 5.56 Å². The second-order valence-corrected chi connectivity index (χ2v) is 5.76. The Morgan fingerprint density at radius 3 is 2.19 bits per heavy atom. The highest BCUT2D eigenvalue weighted by molar-refractivity contribution is 5.47. The Labute approximate surface area is 128 Å². The van der Waals surface area contributed by atoms with Crippen molar-refractivity contribution in [2.45, 2.75) is 45.8 Å². The van der Waals surface area contributed by atoms with Gasteiger partial charge in [-0.25, -0.2) is 0 Å². The number of hydrogen-bond donors (Lipinski definition) is 1. The Kier molecular flexibility index (Phi) is 5.68. The van der Waals surface area contributed by atoms with E-state index in [0.29, 0.717) is 6.04 Å². The van der Waals surface area contributed by atoms with E-state index in [1.807, 2.05) is 26.0 Å². The van der Waals surface area contributed by atoms with Gasteiger partial charge in [0.05, 0.1) is 6.10 Å². The molecule has 0 bridgehead atoms. The van der Waals surface area contributed by atoms with Gasteiger partial charge >= 0.3 is 0 Å². The molecule has 0 saturated carbocycles. The molecule has 2 aromatic carbocycles. The molecule has 1 atom stereocenters. The van der Waals surface area contributed by atoms with Crippen LogP contribution in [-0.4, -0.2) is 12.1 Å². The topological polar surface area (TPSA) is 21.3 Å². The fourth-order valence-electron chi connectivity index (χ4n) is 2.29. The Bertz CT molecular complexity index is 519. The highest BCUT2D eigenvalue weighted by Crippen LogP contribution is 2.18. The van der Waals surface area contributed by atoms with Crippen molar-refractivity contribution in [1.82, 2.24) is 0 Å². The molecule has 0 heterocycles. The zero-order chi connectivity index (χ0) is 15.1. The van der Waals surface area contributed by atoms with Gasteiger partial charge in [-0.2, -0.15) is 0 Å². The molecule has 0 spiro atoms. The van der Waals surface area contributed by atoms with E-state index in [-0.39, 0.29) is 6.10 Å². The second-order valence-electron chi connectivity index (χ2n) is 5.76. The van der Waals surface area contributed by atoms with Gasteiger partial charge in [0.1, 0.15) is 5.75 Å². The summed E-state index contributed by atoms with van der Waals surface area (Å²) in [6.07, 6.45) is 2.44. The molecule has 0 amide bonds. The third-order valence-electron chi connectivity index (χ3n) is 3.35. The normalized spacial score (nSPS) is 12.2. The third kappa shape index (κ3) is 5.50. The van der Waals surface area contributed by atoms with E-state index in [4.69, 9.17) is 4.74 Å². The van der Waals surface area contributed by atoms with Crippen LogP contribution in [0.1, 0.15) is 32.8 Å². The first-order chi connectivity index (χ1) is 10.1. The smallest absolute Gasteiger partial charge is 0.119 e. The molecule has 2 heteroatoms. The molecule has 2 rings (SSSR count). The molecule has 0 fully saturated rings. The van der Waals surface area contributed by atoms with Crippen LogP contribution in [0.5, 0.6) is 5.75 Å². The van der Waals surface area contributed by atoms with Gasteiger partial charge in [0.25, 0.3) is 0 Å². The molecule has 0 aliphatic rings. The molecule has 0 radical (unpaired) electrons. The highest BCUT2D eigenvalue weighted by atomic mass is 16.5. The quantitative estimate of drug-likeness (QED) is 0.779. The average Bonchev–Trinajstić information content (AvgIpc) is 2.48. The summed E-state index contributed by atoms with van der Waals surface area (Å²) in [7, 11) is 0. The maximum atomic E-state index is 5.65. The van der Waals surface area contributed by atoms with Gasteiger partial charge in [-0.15, -0.1) is 0 Å². The summed E-state index contributed by atoms with van der Waals surface area (Å²) in [4.78, 5) is 0. The van der Waals surface area contributed by atoms with Crippen molar-refractivity contribution in [2.24, 2.45) is 0 Å². The van der Waals surface area contributed by atoms with Crippen LogP contribution in [0.3, 0.4) is 0 Å². The van der Waals surface area contributed by atoms with Crippen molar-refractivity contribution in [3.63, 3.8) is 0 Å². The first-order valence-corrected chi connectivity index (χ1v) is 7.70. The lowest BCUT2D eigenvalue weighted by molar-refractivity contribution is 0.242. The Morgan fingerprint density at radius 1 is 0.905 bits per heavy atom. The maximum absolute atomic E-state index is 5.65. The second kappa shape index (κ2) is 7.72. The van der Waals surface area contributed by atoms with Crippen LogP contribution in [0, 0.1) is 0 Å². The van der Waals surface area contributed by atoms with Crippen LogP contribution >= 0.6 is 0 Å². The molecule has 0 aromatic heterocycles. The summed E-state index contributed by atoms with van der Waals surface area (Å²) in [6.45, 7) is 6.30. The summed E-state index contributed by atoms with van der Waals surface area (Å²) in [6, 6.07) is 19.3. The maximum Gasteiger partial charge on any atom is 0.119 e. The summed E-state index contributed by atoms with van der Waals surface area (Å²) in [5, 5.41) is 3.54. The predicted molar refractivity (Wildman–Crippen MR) is 90.1 cm³/mol. The zero-order valence-corrected chi connectivity index (χ0v) is 13.2.